The van der Waals surface area contributed by atoms with Crippen molar-refractivity contribution in [3.05, 3.63) is 11.3 Å². The number of aryl methyl sites for hydroxylation is 1. The van der Waals surface area contributed by atoms with Gasteiger partial charge in [-0.05, 0) is 31.6 Å². The number of rotatable bonds is 2. The Morgan fingerprint density at radius 1 is 1.26 bits per heavy atom. The lowest BCUT2D eigenvalue weighted by molar-refractivity contribution is -0.214. The van der Waals surface area contributed by atoms with Gasteiger partial charge in [-0.1, -0.05) is 12.8 Å². The SMILES string of the molecule is Cn1nc(C2(C(F)(F)F)CCC2)c(C2CCC2)c1N. The summed E-state index contributed by atoms with van der Waals surface area (Å²) < 4.78 is 41.8. The van der Waals surface area contributed by atoms with Gasteiger partial charge in [-0.2, -0.15) is 18.3 Å². The van der Waals surface area contributed by atoms with Crippen molar-refractivity contribution in [3.63, 3.8) is 0 Å². The van der Waals surface area contributed by atoms with Gasteiger partial charge in [-0.25, -0.2) is 0 Å². The maximum Gasteiger partial charge on any atom is 0.400 e. The lowest BCUT2D eigenvalue weighted by Crippen LogP contribution is -2.49. The first-order valence-electron chi connectivity index (χ1n) is 6.76. The normalized spacial score (nSPS) is 22.9. The Kier molecular flexibility index (Phi) is 2.63. The molecule has 0 spiro atoms. The second kappa shape index (κ2) is 3.90. The van der Waals surface area contributed by atoms with Crippen LogP contribution in [0.15, 0.2) is 0 Å². The van der Waals surface area contributed by atoms with Crippen LogP contribution < -0.4 is 5.73 Å². The molecule has 3 rings (SSSR count). The fourth-order valence-electron chi connectivity index (χ4n) is 3.19. The highest BCUT2D eigenvalue weighted by atomic mass is 19.4. The molecule has 0 saturated heterocycles. The minimum atomic E-state index is -4.23. The molecule has 0 atom stereocenters. The van der Waals surface area contributed by atoms with E-state index in [1.807, 2.05) is 0 Å². The Morgan fingerprint density at radius 3 is 2.26 bits per heavy atom. The molecule has 106 valence electrons. The van der Waals surface area contributed by atoms with E-state index >= 15 is 0 Å². The van der Waals surface area contributed by atoms with Gasteiger partial charge in [0.1, 0.15) is 11.2 Å². The summed E-state index contributed by atoms with van der Waals surface area (Å²) in [4.78, 5) is 0. The van der Waals surface area contributed by atoms with Crippen LogP contribution in [-0.4, -0.2) is 16.0 Å². The smallest absolute Gasteiger partial charge is 0.384 e. The van der Waals surface area contributed by atoms with Crippen LogP contribution in [0.1, 0.15) is 55.7 Å². The predicted octanol–water partition coefficient (Wildman–Crippen LogP) is 3.25. The van der Waals surface area contributed by atoms with Crippen molar-refractivity contribution < 1.29 is 13.2 Å². The monoisotopic (exact) mass is 273 g/mol. The van der Waals surface area contributed by atoms with Crippen molar-refractivity contribution in [2.24, 2.45) is 7.05 Å². The van der Waals surface area contributed by atoms with Gasteiger partial charge in [0.05, 0.1) is 5.69 Å². The summed E-state index contributed by atoms with van der Waals surface area (Å²) in [6, 6.07) is 0. The number of nitrogen functional groups attached to an aromatic ring is 1. The van der Waals surface area contributed by atoms with Crippen molar-refractivity contribution >= 4 is 5.82 Å². The van der Waals surface area contributed by atoms with E-state index < -0.39 is 11.6 Å². The standard InChI is InChI=1S/C13H18F3N3/c1-19-11(17)9(8-4-2-5-8)10(18-19)12(6-3-7-12)13(14,15)16/h8H,2-7,17H2,1H3. The first kappa shape index (κ1) is 12.8. The van der Waals surface area contributed by atoms with E-state index in [1.54, 1.807) is 7.05 Å². The van der Waals surface area contributed by atoms with Crippen LogP contribution >= 0.6 is 0 Å². The van der Waals surface area contributed by atoms with Crippen LogP contribution in [0.2, 0.25) is 0 Å². The summed E-state index contributed by atoms with van der Waals surface area (Å²) in [5.41, 5.74) is 5.10. The fraction of sp³-hybridized carbons (Fsp3) is 0.769. The second-order valence-corrected chi connectivity index (χ2v) is 5.83. The van der Waals surface area contributed by atoms with Crippen LogP contribution in [0.3, 0.4) is 0 Å². The molecule has 0 amide bonds. The van der Waals surface area contributed by atoms with Crippen molar-refractivity contribution in [2.45, 2.75) is 56.0 Å². The van der Waals surface area contributed by atoms with Gasteiger partial charge < -0.3 is 5.73 Å². The van der Waals surface area contributed by atoms with E-state index in [0.29, 0.717) is 17.8 Å². The lowest BCUT2D eigenvalue weighted by atomic mass is 9.63. The average molecular weight is 273 g/mol. The minimum absolute atomic E-state index is 0.146. The van der Waals surface area contributed by atoms with E-state index in [1.165, 1.54) is 4.68 Å². The van der Waals surface area contributed by atoms with Gasteiger partial charge >= 0.3 is 6.18 Å². The first-order chi connectivity index (χ1) is 8.87. The van der Waals surface area contributed by atoms with Gasteiger partial charge in [-0.15, -0.1) is 0 Å². The zero-order valence-corrected chi connectivity index (χ0v) is 10.9. The van der Waals surface area contributed by atoms with Gasteiger partial charge in [-0.3, -0.25) is 4.68 Å². The van der Waals surface area contributed by atoms with Gasteiger partial charge in [0.2, 0.25) is 0 Å². The summed E-state index contributed by atoms with van der Waals surface area (Å²) in [5.74, 6) is 0.582. The summed E-state index contributed by atoms with van der Waals surface area (Å²) in [7, 11) is 1.63. The van der Waals surface area contributed by atoms with Crippen molar-refractivity contribution in [3.8, 4) is 0 Å². The Labute approximate surface area is 110 Å². The van der Waals surface area contributed by atoms with Gasteiger partial charge in [0.15, 0.2) is 0 Å². The molecule has 2 fully saturated rings. The van der Waals surface area contributed by atoms with E-state index in [-0.39, 0.29) is 24.5 Å². The molecule has 0 radical (unpaired) electrons. The van der Waals surface area contributed by atoms with Crippen LogP contribution in [0.5, 0.6) is 0 Å². The molecule has 19 heavy (non-hydrogen) atoms. The molecule has 2 N–H and O–H groups in total. The fourth-order valence-corrected chi connectivity index (χ4v) is 3.19. The number of aromatic nitrogens is 2. The quantitative estimate of drug-likeness (QED) is 0.898. The molecular weight excluding hydrogens is 255 g/mol. The summed E-state index contributed by atoms with van der Waals surface area (Å²) in [5, 5.41) is 4.15. The second-order valence-electron chi connectivity index (χ2n) is 5.83. The van der Waals surface area contributed by atoms with Crippen molar-refractivity contribution in [1.29, 1.82) is 0 Å². The molecule has 0 bridgehead atoms. The zero-order chi connectivity index (χ0) is 13.8. The molecule has 1 heterocycles. The molecule has 0 aliphatic heterocycles. The molecular formula is C13H18F3N3. The van der Waals surface area contributed by atoms with Gasteiger partial charge in [0.25, 0.3) is 0 Å². The highest BCUT2D eigenvalue weighted by Crippen LogP contribution is 2.57. The number of hydrogen-bond acceptors (Lipinski definition) is 2. The Balaban J connectivity index is 2.11. The topological polar surface area (TPSA) is 43.8 Å². The van der Waals surface area contributed by atoms with Gasteiger partial charge in [0, 0.05) is 12.6 Å². The Morgan fingerprint density at radius 2 is 1.89 bits per heavy atom. The molecule has 1 aromatic rings. The maximum atomic E-state index is 13.5. The lowest BCUT2D eigenvalue weighted by Gasteiger charge is -2.43. The highest BCUT2D eigenvalue weighted by molar-refractivity contribution is 5.50. The molecule has 2 aliphatic carbocycles. The number of hydrogen-bond donors (Lipinski definition) is 1. The summed E-state index contributed by atoms with van der Waals surface area (Å²) in [6.07, 6.45) is -0.408. The predicted molar refractivity (Wildman–Crippen MR) is 65.8 cm³/mol. The summed E-state index contributed by atoms with van der Waals surface area (Å²) in [6.45, 7) is 0. The summed E-state index contributed by atoms with van der Waals surface area (Å²) >= 11 is 0. The molecule has 1 aromatic heterocycles. The van der Waals surface area contributed by atoms with E-state index in [2.05, 4.69) is 5.10 Å². The number of alkyl halides is 3. The van der Waals surface area contributed by atoms with Crippen LogP contribution in [0.4, 0.5) is 19.0 Å². The van der Waals surface area contributed by atoms with E-state index in [9.17, 15) is 13.2 Å². The maximum absolute atomic E-state index is 13.5. The van der Waals surface area contributed by atoms with Crippen LogP contribution in [-0.2, 0) is 12.5 Å². The number of anilines is 1. The number of nitrogens with two attached hydrogens (primary N) is 1. The third-order valence-electron chi connectivity index (χ3n) is 4.85. The third kappa shape index (κ3) is 1.61. The minimum Gasteiger partial charge on any atom is -0.384 e. The zero-order valence-electron chi connectivity index (χ0n) is 10.9. The van der Waals surface area contributed by atoms with Crippen molar-refractivity contribution in [1.82, 2.24) is 9.78 Å². The Hall–Kier alpha value is -1.20. The molecule has 0 aromatic carbocycles. The number of halogens is 3. The average Bonchev–Trinajstić information content (AvgIpc) is 2.40. The molecule has 6 heteroatoms. The van der Waals surface area contributed by atoms with Crippen molar-refractivity contribution in [2.75, 3.05) is 5.73 Å². The van der Waals surface area contributed by atoms with E-state index in [4.69, 9.17) is 5.73 Å². The van der Waals surface area contributed by atoms with Crippen LogP contribution in [0.25, 0.3) is 0 Å². The first-order valence-corrected chi connectivity index (χ1v) is 6.76. The number of nitrogens with zero attached hydrogens (tertiary/aromatic N) is 2. The molecule has 0 unspecified atom stereocenters. The molecule has 3 nitrogen and oxygen atoms in total. The highest BCUT2D eigenvalue weighted by Gasteiger charge is 2.62. The third-order valence-corrected chi connectivity index (χ3v) is 4.85. The Bertz CT molecular complexity index is 496. The van der Waals surface area contributed by atoms with Crippen LogP contribution in [0, 0.1) is 0 Å². The van der Waals surface area contributed by atoms with E-state index in [0.717, 1.165) is 19.3 Å². The largest absolute Gasteiger partial charge is 0.400 e. The molecule has 2 aliphatic rings. The molecule has 2 saturated carbocycles.